The van der Waals surface area contributed by atoms with E-state index in [1.54, 1.807) is 6.07 Å². The largest absolute Gasteiger partial charge is 0.372 e. The number of halogens is 2. The Morgan fingerprint density at radius 2 is 2.33 bits per heavy atom. The monoisotopic (exact) mass is 269 g/mol. The summed E-state index contributed by atoms with van der Waals surface area (Å²) >= 11 is 3.28. The fraction of sp³-hybridized carbons (Fsp3) is 0.364. The molecule has 1 aromatic rings. The molecule has 0 aliphatic carbocycles. The van der Waals surface area contributed by atoms with Crippen LogP contribution < -0.4 is 0 Å². The van der Waals surface area contributed by atoms with Crippen molar-refractivity contribution in [3.8, 4) is 6.07 Å². The van der Waals surface area contributed by atoms with Crippen LogP contribution in [-0.4, -0.2) is 6.61 Å². The van der Waals surface area contributed by atoms with Gasteiger partial charge in [-0.15, -0.1) is 0 Å². The van der Waals surface area contributed by atoms with Gasteiger partial charge in [0, 0.05) is 11.1 Å². The quantitative estimate of drug-likeness (QED) is 0.785. The van der Waals surface area contributed by atoms with Crippen LogP contribution in [0.3, 0.4) is 0 Å². The van der Waals surface area contributed by atoms with Gasteiger partial charge in [-0.2, -0.15) is 5.26 Å². The minimum atomic E-state index is -0.294. The maximum atomic E-state index is 12.9. The van der Waals surface area contributed by atoms with E-state index in [1.807, 2.05) is 0 Å². The third kappa shape index (κ3) is 2.04. The number of nitrogens with zero attached hydrogens (tertiary/aromatic N) is 1. The Bertz CT molecular complexity index is 416. The molecule has 4 heteroatoms. The van der Waals surface area contributed by atoms with E-state index >= 15 is 0 Å². The third-order valence-corrected chi connectivity index (χ3v) is 3.21. The van der Waals surface area contributed by atoms with Gasteiger partial charge < -0.3 is 4.74 Å². The number of rotatable bonds is 1. The van der Waals surface area contributed by atoms with Crippen LogP contribution in [0.15, 0.2) is 22.7 Å². The van der Waals surface area contributed by atoms with E-state index in [4.69, 9.17) is 10.00 Å². The molecule has 2 atom stereocenters. The molecule has 1 aromatic carbocycles. The average Bonchev–Trinajstić information content (AvgIpc) is 2.65. The van der Waals surface area contributed by atoms with E-state index in [1.165, 1.54) is 12.1 Å². The molecule has 0 aromatic heterocycles. The summed E-state index contributed by atoms with van der Waals surface area (Å²) in [5, 5.41) is 8.92. The van der Waals surface area contributed by atoms with Gasteiger partial charge in [0.15, 0.2) is 0 Å². The van der Waals surface area contributed by atoms with Crippen LogP contribution in [-0.2, 0) is 4.74 Å². The summed E-state index contributed by atoms with van der Waals surface area (Å²) in [6.45, 7) is 0.590. The molecule has 1 aliphatic rings. The first-order chi connectivity index (χ1) is 7.22. The highest BCUT2D eigenvalue weighted by Crippen LogP contribution is 2.37. The fourth-order valence-electron chi connectivity index (χ4n) is 1.76. The second-order valence-electron chi connectivity index (χ2n) is 3.48. The molecular formula is C11H9BrFNO. The summed E-state index contributed by atoms with van der Waals surface area (Å²) in [5.74, 6) is -0.427. The highest BCUT2D eigenvalue weighted by molar-refractivity contribution is 9.10. The topological polar surface area (TPSA) is 33.0 Å². The van der Waals surface area contributed by atoms with E-state index in [2.05, 4.69) is 22.0 Å². The second kappa shape index (κ2) is 4.30. The number of benzene rings is 1. The molecule has 1 saturated heterocycles. The number of nitriles is 1. The highest BCUT2D eigenvalue weighted by Gasteiger charge is 2.30. The average molecular weight is 270 g/mol. The molecule has 2 nitrogen and oxygen atoms in total. The number of hydrogen-bond acceptors (Lipinski definition) is 2. The first-order valence-corrected chi connectivity index (χ1v) is 5.48. The zero-order chi connectivity index (χ0) is 10.8. The summed E-state index contributed by atoms with van der Waals surface area (Å²) in [6, 6.07) is 6.66. The van der Waals surface area contributed by atoms with E-state index in [9.17, 15) is 4.39 Å². The van der Waals surface area contributed by atoms with Crippen LogP contribution in [0.4, 0.5) is 4.39 Å². The van der Waals surface area contributed by atoms with Crippen LogP contribution in [0.25, 0.3) is 0 Å². The van der Waals surface area contributed by atoms with Gasteiger partial charge in [-0.3, -0.25) is 0 Å². The van der Waals surface area contributed by atoms with Crippen molar-refractivity contribution in [2.45, 2.75) is 12.5 Å². The molecule has 2 unspecified atom stereocenters. The zero-order valence-electron chi connectivity index (χ0n) is 7.91. The van der Waals surface area contributed by atoms with Crippen molar-refractivity contribution in [3.63, 3.8) is 0 Å². The smallest absolute Gasteiger partial charge is 0.124 e. The molecule has 1 heterocycles. The Morgan fingerprint density at radius 1 is 1.53 bits per heavy atom. The van der Waals surface area contributed by atoms with Crippen molar-refractivity contribution in [2.75, 3.05) is 6.61 Å². The predicted octanol–water partition coefficient (Wildman–Crippen LogP) is 3.19. The van der Waals surface area contributed by atoms with Crippen LogP contribution >= 0.6 is 15.9 Å². The van der Waals surface area contributed by atoms with Gasteiger partial charge in [0.2, 0.25) is 0 Å². The first kappa shape index (κ1) is 10.6. The summed E-state index contributed by atoms with van der Waals surface area (Å²) in [5.41, 5.74) is 0.848. The Hall–Kier alpha value is -0.920. The lowest BCUT2D eigenvalue weighted by Crippen LogP contribution is -2.06. The lowest BCUT2D eigenvalue weighted by Gasteiger charge is -2.14. The van der Waals surface area contributed by atoms with E-state index in [0.717, 1.165) is 12.0 Å². The fourth-order valence-corrected chi connectivity index (χ4v) is 2.34. The molecule has 0 saturated carbocycles. The van der Waals surface area contributed by atoms with Crippen molar-refractivity contribution in [1.82, 2.24) is 0 Å². The first-order valence-electron chi connectivity index (χ1n) is 4.68. The SMILES string of the molecule is N#CC1CCOC1c1ccc(F)cc1Br. The highest BCUT2D eigenvalue weighted by atomic mass is 79.9. The molecule has 0 amide bonds. The second-order valence-corrected chi connectivity index (χ2v) is 4.34. The van der Waals surface area contributed by atoms with Crippen molar-refractivity contribution in [3.05, 3.63) is 34.1 Å². The predicted molar refractivity (Wildman–Crippen MR) is 56.5 cm³/mol. The minimum absolute atomic E-state index is 0.133. The Labute approximate surface area is 95.8 Å². The van der Waals surface area contributed by atoms with Crippen molar-refractivity contribution < 1.29 is 9.13 Å². The van der Waals surface area contributed by atoms with Crippen LogP contribution in [0.5, 0.6) is 0 Å². The lowest BCUT2D eigenvalue weighted by atomic mass is 9.97. The summed E-state index contributed by atoms with van der Waals surface area (Å²) < 4.78 is 19.0. The minimum Gasteiger partial charge on any atom is -0.372 e. The molecule has 0 bridgehead atoms. The zero-order valence-corrected chi connectivity index (χ0v) is 9.50. The molecule has 1 aliphatic heterocycles. The van der Waals surface area contributed by atoms with Gasteiger partial charge in [0.25, 0.3) is 0 Å². The van der Waals surface area contributed by atoms with Crippen LogP contribution in [0.2, 0.25) is 0 Å². The van der Waals surface area contributed by atoms with Gasteiger partial charge >= 0.3 is 0 Å². The van der Waals surface area contributed by atoms with E-state index < -0.39 is 0 Å². The lowest BCUT2D eigenvalue weighted by molar-refractivity contribution is 0.100. The molecule has 2 rings (SSSR count). The molecule has 1 fully saturated rings. The van der Waals surface area contributed by atoms with Crippen LogP contribution in [0.1, 0.15) is 18.1 Å². The van der Waals surface area contributed by atoms with Crippen molar-refractivity contribution in [2.24, 2.45) is 5.92 Å². The molecule has 15 heavy (non-hydrogen) atoms. The van der Waals surface area contributed by atoms with Gasteiger partial charge in [-0.1, -0.05) is 22.0 Å². The normalized spacial score (nSPS) is 25.1. The maximum absolute atomic E-state index is 12.9. The van der Waals surface area contributed by atoms with E-state index in [-0.39, 0.29) is 17.8 Å². The van der Waals surface area contributed by atoms with Crippen molar-refractivity contribution in [1.29, 1.82) is 5.26 Å². The van der Waals surface area contributed by atoms with Gasteiger partial charge in [-0.25, -0.2) is 4.39 Å². The summed E-state index contributed by atoms with van der Waals surface area (Å²) in [7, 11) is 0. The molecular weight excluding hydrogens is 261 g/mol. The standard InChI is InChI=1S/C11H9BrFNO/c12-10-5-8(13)1-2-9(10)11-7(6-14)3-4-15-11/h1-2,5,7,11H,3-4H2. The van der Waals surface area contributed by atoms with E-state index in [0.29, 0.717) is 11.1 Å². The Kier molecular flexibility index (Phi) is 3.03. The molecule has 0 spiro atoms. The van der Waals surface area contributed by atoms with Crippen LogP contribution in [0, 0.1) is 23.1 Å². The summed E-state index contributed by atoms with van der Waals surface area (Å²) in [4.78, 5) is 0. The van der Waals surface area contributed by atoms with Gasteiger partial charge in [0.05, 0.1) is 18.1 Å². The number of ether oxygens (including phenoxy) is 1. The molecule has 0 N–H and O–H groups in total. The maximum Gasteiger partial charge on any atom is 0.124 e. The number of hydrogen-bond donors (Lipinski definition) is 0. The molecule has 0 radical (unpaired) electrons. The molecule has 78 valence electrons. The van der Waals surface area contributed by atoms with Gasteiger partial charge in [-0.05, 0) is 24.1 Å². The van der Waals surface area contributed by atoms with Crippen molar-refractivity contribution >= 4 is 15.9 Å². The summed E-state index contributed by atoms with van der Waals surface area (Å²) in [6.07, 6.45) is 0.510. The Morgan fingerprint density at radius 3 is 3.00 bits per heavy atom. The van der Waals surface area contributed by atoms with Gasteiger partial charge in [0.1, 0.15) is 5.82 Å². The third-order valence-electron chi connectivity index (χ3n) is 2.53. The Balaban J connectivity index is 2.33.